The van der Waals surface area contributed by atoms with Crippen LogP contribution < -0.4 is 0 Å². The minimum absolute atomic E-state index is 0.340. The molecular formula is C14H21N3. The van der Waals surface area contributed by atoms with Crippen LogP contribution >= 0.6 is 0 Å². The molecule has 0 unspecified atom stereocenters. The van der Waals surface area contributed by atoms with E-state index in [1.165, 1.54) is 38.5 Å². The van der Waals surface area contributed by atoms with Crippen LogP contribution in [0.2, 0.25) is 0 Å². The topological polar surface area (TPSA) is 30.7 Å². The van der Waals surface area contributed by atoms with Crippen LogP contribution in [0.5, 0.6) is 0 Å². The molecule has 3 heteroatoms. The number of hydrogen-bond acceptors (Lipinski definition) is 2. The second kappa shape index (κ2) is 2.76. The first kappa shape index (κ1) is 10.1. The summed E-state index contributed by atoms with van der Waals surface area (Å²) in [5, 5.41) is 8.08. The molecular weight excluding hydrogens is 210 g/mol. The van der Waals surface area contributed by atoms with E-state index in [4.69, 9.17) is 0 Å². The normalized spacial score (nSPS) is 52.0. The lowest BCUT2D eigenvalue weighted by atomic mass is 9.42. The predicted molar refractivity (Wildman–Crippen MR) is 65.4 cm³/mol. The third kappa shape index (κ3) is 1.28. The van der Waals surface area contributed by atoms with E-state index in [0.717, 1.165) is 5.92 Å². The zero-order valence-electron chi connectivity index (χ0n) is 10.8. The third-order valence-corrected chi connectivity index (χ3v) is 5.56. The van der Waals surface area contributed by atoms with Gasteiger partial charge in [0.15, 0.2) is 0 Å². The molecule has 0 spiro atoms. The fourth-order valence-electron chi connectivity index (χ4n) is 6.12. The van der Waals surface area contributed by atoms with E-state index < -0.39 is 0 Å². The van der Waals surface area contributed by atoms with Gasteiger partial charge in [0, 0.05) is 5.54 Å². The summed E-state index contributed by atoms with van der Waals surface area (Å²) >= 11 is 0. The highest BCUT2D eigenvalue weighted by Gasteiger charge is 2.60. The largest absolute Gasteiger partial charge is 0.314 e. The van der Waals surface area contributed by atoms with Gasteiger partial charge in [-0.2, -0.15) is 0 Å². The zero-order valence-corrected chi connectivity index (χ0v) is 10.8. The van der Waals surface area contributed by atoms with Crippen molar-refractivity contribution in [2.75, 3.05) is 0 Å². The van der Waals surface area contributed by atoms with Crippen LogP contribution in [0.25, 0.3) is 0 Å². The van der Waals surface area contributed by atoms with E-state index in [1.54, 1.807) is 0 Å². The Bertz CT molecular complexity index is 432. The molecule has 92 valence electrons. The molecule has 1 aromatic rings. The summed E-state index contributed by atoms with van der Waals surface area (Å²) in [6.45, 7) is 5.02. The number of hydrogen-bond donors (Lipinski definition) is 0. The number of nitrogens with zero attached hydrogens (tertiary/aromatic N) is 3. The minimum atomic E-state index is 0.340. The molecule has 5 rings (SSSR count). The van der Waals surface area contributed by atoms with Gasteiger partial charge in [-0.1, -0.05) is 13.8 Å². The van der Waals surface area contributed by atoms with Gasteiger partial charge in [0.25, 0.3) is 0 Å². The quantitative estimate of drug-likeness (QED) is 0.744. The molecule has 4 saturated carbocycles. The molecule has 4 fully saturated rings. The van der Waals surface area contributed by atoms with Gasteiger partial charge in [-0.25, -0.2) is 0 Å². The van der Waals surface area contributed by atoms with Crippen molar-refractivity contribution in [3.63, 3.8) is 0 Å². The molecule has 0 aromatic carbocycles. The molecule has 0 aliphatic heterocycles. The molecule has 0 radical (unpaired) electrons. The van der Waals surface area contributed by atoms with Crippen LogP contribution in [0.4, 0.5) is 0 Å². The van der Waals surface area contributed by atoms with Gasteiger partial charge in [0.1, 0.15) is 12.7 Å². The predicted octanol–water partition coefficient (Wildman–Crippen LogP) is 2.98. The fourth-order valence-corrected chi connectivity index (χ4v) is 6.12. The maximum absolute atomic E-state index is 4.04. The highest BCUT2D eigenvalue weighted by molar-refractivity contribution is 5.13. The fraction of sp³-hybridized carbons (Fsp3) is 0.857. The van der Waals surface area contributed by atoms with Crippen LogP contribution in [-0.4, -0.2) is 14.8 Å². The van der Waals surface area contributed by atoms with E-state index in [1.807, 2.05) is 12.7 Å². The Morgan fingerprint density at radius 2 is 1.53 bits per heavy atom. The van der Waals surface area contributed by atoms with Gasteiger partial charge in [-0.15, -0.1) is 10.2 Å². The Balaban J connectivity index is 1.83. The Morgan fingerprint density at radius 1 is 0.941 bits per heavy atom. The van der Waals surface area contributed by atoms with E-state index in [9.17, 15) is 0 Å². The summed E-state index contributed by atoms with van der Waals surface area (Å²) < 4.78 is 2.33. The van der Waals surface area contributed by atoms with Crippen molar-refractivity contribution in [3.05, 3.63) is 12.7 Å². The van der Waals surface area contributed by atoms with Crippen LogP contribution in [0.1, 0.15) is 52.4 Å². The first-order valence-electron chi connectivity index (χ1n) is 6.86. The molecule has 1 aromatic heterocycles. The number of rotatable bonds is 1. The Labute approximate surface area is 103 Å². The summed E-state index contributed by atoms with van der Waals surface area (Å²) in [6, 6.07) is 0. The minimum Gasteiger partial charge on any atom is -0.314 e. The summed E-state index contributed by atoms with van der Waals surface area (Å²) in [6.07, 6.45) is 12.3. The summed E-state index contributed by atoms with van der Waals surface area (Å²) in [5.41, 5.74) is 1.48. The van der Waals surface area contributed by atoms with Gasteiger partial charge in [0.2, 0.25) is 0 Å². The Morgan fingerprint density at radius 3 is 2.06 bits per heavy atom. The smallest absolute Gasteiger partial charge is 0.119 e. The van der Waals surface area contributed by atoms with Crippen molar-refractivity contribution in [2.24, 2.45) is 16.7 Å². The summed E-state index contributed by atoms with van der Waals surface area (Å²) in [5.74, 6) is 0.934. The van der Waals surface area contributed by atoms with Crippen molar-refractivity contribution in [1.29, 1.82) is 0 Å². The molecule has 4 aliphatic rings. The Kier molecular flexibility index (Phi) is 1.64. The van der Waals surface area contributed by atoms with E-state index in [2.05, 4.69) is 28.6 Å². The van der Waals surface area contributed by atoms with Gasteiger partial charge in [-0.05, 0) is 55.3 Å². The zero-order chi connectivity index (χ0) is 11.7. The maximum Gasteiger partial charge on any atom is 0.119 e. The molecule has 1 heterocycles. The molecule has 0 saturated heterocycles. The average Bonchev–Trinajstić information content (AvgIpc) is 2.63. The molecule has 3 nitrogen and oxygen atoms in total. The SMILES string of the molecule is C[C@@]12CC3CC(n4cnnc4)(C1)C[C@@](C)(C3)C2. The highest BCUT2D eigenvalue weighted by atomic mass is 15.3. The lowest BCUT2D eigenvalue weighted by molar-refractivity contribution is -0.136. The van der Waals surface area contributed by atoms with Crippen LogP contribution in [-0.2, 0) is 5.54 Å². The summed E-state index contributed by atoms with van der Waals surface area (Å²) in [7, 11) is 0. The molecule has 4 bridgehead atoms. The monoisotopic (exact) mass is 231 g/mol. The summed E-state index contributed by atoms with van der Waals surface area (Å²) in [4.78, 5) is 0. The first-order chi connectivity index (χ1) is 8.01. The van der Waals surface area contributed by atoms with Gasteiger partial charge < -0.3 is 4.57 Å². The molecule has 2 atom stereocenters. The van der Waals surface area contributed by atoms with Crippen molar-refractivity contribution in [3.8, 4) is 0 Å². The second-order valence-electron chi connectivity index (χ2n) is 7.72. The van der Waals surface area contributed by atoms with E-state index in [0.29, 0.717) is 16.4 Å². The van der Waals surface area contributed by atoms with Crippen molar-refractivity contribution in [1.82, 2.24) is 14.8 Å². The molecule has 17 heavy (non-hydrogen) atoms. The van der Waals surface area contributed by atoms with Crippen molar-refractivity contribution >= 4 is 0 Å². The van der Waals surface area contributed by atoms with Crippen LogP contribution in [0, 0.1) is 16.7 Å². The van der Waals surface area contributed by atoms with Gasteiger partial charge in [0.05, 0.1) is 0 Å². The van der Waals surface area contributed by atoms with E-state index in [-0.39, 0.29) is 0 Å². The maximum atomic E-state index is 4.04. The second-order valence-corrected chi connectivity index (χ2v) is 7.72. The molecule has 0 N–H and O–H groups in total. The number of aromatic nitrogens is 3. The lowest BCUT2D eigenvalue weighted by Gasteiger charge is -2.65. The van der Waals surface area contributed by atoms with Crippen molar-refractivity contribution < 1.29 is 0 Å². The third-order valence-electron chi connectivity index (χ3n) is 5.56. The van der Waals surface area contributed by atoms with Crippen molar-refractivity contribution in [2.45, 2.75) is 57.9 Å². The van der Waals surface area contributed by atoms with Crippen LogP contribution in [0.15, 0.2) is 12.7 Å². The average molecular weight is 231 g/mol. The van der Waals surface area contributed by atoms with Gasteiger partial charge in [-0.3, -0.25) is 0 Å². The van der Waals surface area contributed by atoms with E-state index >= 15 is 0 Å². The molecule has 0 amide bonds. The van der Waals surface area contributed by atoms with Crippen LogP contribution in [0.3, 0.4) is 0 Å². The first-order valence-corrected chi connectivity index (χ1v) is 6.86. The Hall–Kier alpha value is -0.860. The standard InChI is InChI=1S/C14H21N3/c1-12-3-11-4-13(2,6-12)8-14(5-11,7-12)17-9-15-16-10-17/h9-11H,3-8H2,1-2H3/t11?,12-,13-,14?/m0/s1. The highest BCUT2D eigenvalue weighted by Crippen LogP contribution is 2.68. The lowest BCUT2D eigenvalue weighted by Crippen LogP contribution is -2.58. The molecule has 4 aliphatic carbocycles. The van der Waals surface area contributed by atoms with Gasteiger partial charge >= 0.3 is 0 Å².